The van der Waals surface area contributed by atoms with E-state index < -0.39 is 12.0 Å². The number of carbonyl (C=O) groups excluding carboxylic acids is 3. The third-order valence-electron chi connectivity index (χ3n) is 4.35. The Morgan fingerprint density at radius 1 is 1.31 bits per heavy atom. The van der Waals surface area contributed by atoms with E-state index in [1.165, 1.54) is 0 Å². The predicted molar refractivity (Wildman–Crippen MR) is 110 cm³/mol. The number of esters is 1. The topological polar surface area (TPSA) is 97.0 Å². The maximum atomic E-state index is 12.6. The second kappa shape index (κ2) is 11.4. The van der Waals surface area contributed by atoms with Crippen molar-refractivity contribution in [2.45, 2.75) is 39.7 Å². The minimum absolute atomic E-state index is 0.00232. The second-order valence-electron chi connectivity index (χ2n) is 7.45. The van der Waals surface area contributed by atoms with E-state index in [1.54, 1.807) is 17.0 Å². The highest BCUT2D eigenvalue weighted by Gasteiger charge is 2.33. The number of amides is 2. The number of rotatable bonds is 10. The Morgan fingerprint density at radius 3 is 2.79 bits per heavy atom. The Morgan fingerprint density at radius 2 is 2.07 bits per heavy atom. The summed E-state index contributed by atoms with van der Waals surface area (Å²) in [6, 6.07) is 6.53. The van der Waals surface area contributed by atoms with E-state index in [2.05, 4.69) is 10.6 Å². The highest BCUT2D eigenvalue weighted by atomic mass is 16.5. The van der Waals surface area contributed by atoms with Crippen LogP contribution in [0.25, 0.3) is 0 Å². The van der Waals surface area contributed by atoms with Gasteiger partial charge in [-0.3, -0.25) is 19.3 Å². The molecule has 0 saturated carbocycles. The molecule has 160 valence electrons. The van der Waals surface area contributed by atoms with Crippen LogP contribution in [-0.4, -0.2) is 61.6 Å². The molecule has 1 unspecified atom stereocenters. The average Bonchev–Trinajstić information content (AvgIpc) is 2.68. The van der Waals surface area contributed by atoms with Crippen LogP contribution in [0.3, 0.4) is 0 Å². The summed E-state index contributed by atoms with van der Waals surface area (Å²) in [5.74, 6) is -0.0124. The molecule has 0 radical (unpaired) electrons. The van der Waals surface area contributed by atoms with Gasteiger partial charge in [-0.05, 0) is 24.5 Å². The molecule has 1 aromatic rings. The van der Waals surface area contributed by atoms with E-state index in [0.29, 0.717) is 50.1 Å². The first-order valence-electron chi connectivity index (χ1n) is 10.1. The number of ether oxygens (including phenoxy) is 2. The molecule has 2 amide bonds. The zero-order valence-electron chi connectivity index (χ0n) is 17.4. The van der Waals surface area contributed by atoms with Crippen LogP contribution in [0.15, 0.2) is 24.3 Å². The van der Waals surface area contributed by atoms with Gasteiger partial charge in [0.2, 0.25) is 11.8 Å². The number of hydrogen-bond acceptors (Lipinski definition) is 6. The van der Waals surface area contributed by atoms with Crippen molar-refractivity contribution in [1.82, 2.24) is 10.2 Å². The van der Waals surface area contributed by atoms with Crippen molar-refractivity contribution in [3.8, 4) is 5.75 Å². The zero-order chi connectivity index (χ0) is 21.2. The molecule has 1 aromatic carbocycles. The molecule has 0 aliphatic carbocycles. The number of anilines is 1. The number of piperazine rings is 1. The number of nitrogens with zero attached hydrogens (tertiary/aromatic N) is 1. The van der Waals surface area contributed by atoms with Gasteiger partial charge in [-0.15, -0.1) is 0 Å². The molecule has 1 atom stereocenters. The molecule has 1 heterocycles. The fourth-order valence-electron chi connectivity index (χ4n) is 2.93. The lowest BCUT2D eigenvalue weighted by atomic mass is 10.1. The van der Waals surface area contributed by atoms with Crippen LogP contribution in [0.5, 0.6) is 5.75 Å². The number of nitrogens with one attached hydrogen (secondary N) is 2. The normalized spacial score (nSPS) is 17.0. The molecule has 0 spiro atoms. The van der Waals surface area contributed by atoms with E-state index in [1.807, 2.05) is 32.9 Å². The predicted octanol–water partition coefficient (Wildman–Crippen LogP) is 1.80. The Labute approximate surface area is 171 Å². The molecule has 29 heavy (non-hydrogen) atoms. The van der Waals surface area contributed by atoms with Crippen LogP contribution in [0.4, 0.5) is 5.69 Å². The molecule has 2 rings (SSSR count). The van der Waals surface area contributed by atoms with Gasteiger partial charge in [0, 0.05) is 13.1 Å². The summed E-state index contributed by atoms with van der Waals surface area (Å²) < 4.78 is 10.9. The van der Waals surface area contributed by atoms with Gasteiger partial charge >= 0.3 is 5.97 Å². The summed E-state index contributed by atoms with van der Waals surface area (Å²) >= 11 is 0. The lowest BCUT2D eigenvalue weighted by Gasteiger charge is -2.33. The first-order chi connectivity index (χ1) is 13.9. The fourth-order valence-corrected chi connectivity index (χ4v) is 2.93. The molecule has 2 N–H and O–H groups in total. The molecule has 8 heteroatoms. The minimum atomic E-state index is -0.716. The SMILES string of the molecule is CCCOC(=O)CC1C(=O)NCCN1CC(=O)Nc1ccccc1OCC(C)C. The Balaban J connectivity index is 1.99. The smallest absolute Gasteiger partial charge is 0.307 e. The molecule has 1 saturated heterocycles. The average molecular weight is 405 g/mol. The Bertz CT molecular complexity index is 707. The first-order valence-corrected chi connectivity index (χ1v) is 10.1. The van der Waals surface area contributed by atoms with Gasteiger partial charge in [0.05, 0.1) is 31.9 Å². The van der Waals surface area contributed by atoms with Gasteiger partial charge < -0.3 is 20.1 Å². The lowest BCUT2D eigenvalue weighted by molar-refractivity contribution is -0.148. The van der Waals surface area contributed by atoms with E-state index in [-0.39, 0.29) is 24.8 Å². The van der Waals surface area contributed by atoms with Gasteiger partial charge in [-0.25, -0.2) is 0 Å². The van der Waals surface area contributed by atoms with Gasteiger partial charge in [0.1, 0.15) is 11.8 Å². The number of benzene rings is 1. The maximum absolute atomic E-state index is 12.6. The Hall–Kier alpha value is -2.61. The van der Waals surface area contributed by atoms with Crippen LogP contribution in [0.1, 0.15) is 33.6 Å². The molecule has 0 bridgehead atoms. The first kappa shape index (κ1) is 22.7. The van der Waals surface area contributed by atoms with Crippen LogP contribution in [0, 0.1) is 5.92 Å². The van der Waals surface area contributed by atoms with E-state index >= 15 is 0 Å². The van der Waals surface area contributed by atoms with Crippen molar-refractivity contribution < 1.29 is 23.9 Å². The summed E-state index contributed by atoms with van der Waals surface area (Å²) in [6.07, 6.45) is 0.639. The third kappa shape index (κ3) is 7.38. The van der Waals surface area contributed by atoms with Gasteiger partial charge in [0.15, 0.2) is 0 Å². The van der Waals surface area contributed by atoms with Gasteiger partial charge in [-0.2, -0.15) is 0 Å². The van der Waals surface area contributed by atoms with Gasteiger partial charge in [0.25, 0.3) is 0 Å². The number of para-hydroxylation sites is 2. The molecular formula is C21H31N3O5. The van der Waals surface area contributed by atoms with Gasteiger partial charge in [-0.1, -0.05) is 32.9 Å². The minimum Gasteiger partial charge on any atom is -0.491 e. The van der Waals surface area contributed by atoms with E-state index in [9.17, 15) is 14.4 Å². The van der Waals surface area contributed by atoms with Crippen molar-refractivity contribution in [3.63, 3.8) is 0 Å². The molecule has 8 nitrogen and oxygen atoms in total. The van der Waals surface area contributed by atoms with Crippen molar-refractivity contribution >= 4 is 23.5 Å². The van der Waals surface area contributed by atoms with Crippen LogP contribution >= 0.6 is 0 Å². The summed E-state index contributed by atoms with van der Waals surface area (Å²) in [4.78, 5) is 38.5. The van der Waals surface area contributed by atoms with E-state index in [0.717, 1.165) is 0 Å². The Kier molecular flexibility index (Phi) is 8.92. The van der Waals surface area contributed by atoms with Crippen molar-refractivity contribution in [2.75, 3.05) is 38.2 Å². The summed E-state index contributed by atoms with van der Waals surface area (Å²) in [5, 5.41) is 5.59. The summed E-state index contributed by atoms with van der Waals surface area (Å²) in [6.45, 7) is 7.78. The molecule has 0 aromatic heterocycles. The fraction of sp³-hybridized carbons (Fsp3) is 0.571. The standard InChI is InChI=1S/C21H31N3O5/c1-4-11-28-20(26)12-17-21(27)22-9-10-24(17)13-19(25)23-16-7-5-6-8-18(16)29-14-15(2)3/h5-8,15,17H,4,9-14H2,1-3H3,(H,22,27)(H,23,25). The molecule has 1 aliphatic rings. The third-order valence-corrected chi connectivity index (χ3v) is 4.35. The summed E-state index contributed by atoms with van der Waals surface area (Å²) in [7, 11) is 0. The summed E-state index contributed by atoms with van der Waals surface area (Å²) in [5.41, 5.74) is 0.582. The molecule has 1 fully saturated rings. The van der Waals surface area contributed by atoms with Crippen molar-refractivity contribution in [1.29, 1.82) is 0 Å². The molecule has 1 aliphatic heterocycles. The number of carbonyl (C=O) groups is 3. The highest BCUT2D eigenvalue weighted by molar-refractivity contribution is 5.94. The van der Waals surface area contributed by atoms with Crippen LogP contribution < -0.4 is 15.4 Å². The quantitative estimate of drug-likeness (QED) is 0.576. The van der Waals surface area contributed by atoms with Crippen molar-refractivity contribution in [2.24, 2.45) is 5.92 Å². The van der Waals surface area contributed by atoms with Crippen molar-refractivity contribution in [3.05, 3.63) is 24.3 Å². The van der Waals surface area contributed by atoms with Crippen LogP contribution in [-0.2, 0) is 19.1 Å². The zero-order valence-corrected chi connectivity index (χ0v) is 17.4. The maximum Gasteiger partial charge on any atom is 0.307 e. The number of hydrogen-bond donors (Lipinski definition) is 2. The van der Waals surface area contributed by atoms with E-state index in [4.69, 9.17) is 9.47 Å². The lowest BCUT2D eigenvalue weighted by Crippen LogP contribution is -2.57. The van der Waals surface area contributed by atoms with Crippen LogP contribution in [0.2, 0.25) is 0 Å². The highest BCUT2D eigenvalue weighted by Crippen LogP contribution is 2.24. The monoisotopic (exact) mass is 405 g/mol. The second-order valence-corrected chi connectivity index (χ2v) is 7.45. The largest absolute Gasteiger partial charge is 0.491 e. The molecular weight excluding hydrogens is 374 g/mol.